The van der Waals surface area contributed by atoms with Crippen molar-refractivity contribution in [3.8, 4) is 11.5 Å². The second kappa shape index (κ2) is 5.15. The molecule has 0 saturated heterocycles. The Bertz CT molecular complexity index is 908. The standard InChI is InChI=1S/C18H15N3O/c1-13-9-14-10-16(17-6-4-8-22-17)21(18(14)20-11-13)12-15-5-2-3-7-19-15/h2-11H,12H2,1H3. The van der Waals surface area contributed by atoms with Gasteiger partial charge in [-0.3, -0.25) is 4.98 Å². The van der Waals surface area contributed by atoms with Crippen molar-refractivity contribution in [3.05, 3.63) is 72.4 Å². The number of aryl methyl sites for hydroxylation is 1. The zero-order chi connectivity index (χ0) is 14.9. The van der Waals surface area contributed by atoms with Crippen LogP contribution in [-0.2, 0) is 6.54 Å². The molecule has 4 nitrogen and oxygen atoms in total. The maximum Gasteiger partial charge on any atom is 0.150 e. The van der Waals surface area contributed by atoms with Crippen LogP contribution in [0, 0.1) is 6.92 Å². The first-order valence-corrected chi connectivity index (χ1v) is 7.21. The Morgan fingerprint density at radius 2 is 2.05 bits per heavy atom. The van der Waals surface area contributed by atoms with Gasteiger partial charge < -0.3 is 8.98 Å². The molecule has 0 aliphatic rings. The molecule has 0 aliphatic carbocycles. The average Bonchev–Trinajstić information content (AvgIpc) is 3.16. The fourth-order valence-electron chi connectivity index (χ4n) is 2.70. The second-order valence-electron chi connectivity index (χ2n) is 5.34. The molecular formula is C18H15N3O. The lowest BCUT2D eigenvalue weighted by Gasteiger charge is -2.08. The summed E-state index contributed by atoms with van der Waals surface area (Å²) in [6, 6.07) is 14.1. The van der Waals surface area contributed by atoms with Crippen LogP contribution in [0.15, 0.2) is 65.5 Å². The van der Waals surface area contributed by atoms with Gasteiger partial charge in [-0.15, -0.1) is 0 Å². The Morgan fingerprint density at radius 3 is 2.82 bits per heavy atom. The average molecular weight is 289 g/mol. The first-order chi connectivity index (χ1) is 10.8. The van der Waals surface area contributed by atoms with E-state index in [0.29, 0.717) is 6.54 Å². The topological polar surface area (TPSA) is 43.9 Å². The minimum Gasteiger partial charge on any atom is -0.463 e. The molecule has 0 amide bonds. The molecule has 0 bridgehead atoms. The molecule has 4 heteroatoms. The molecule has 108 valence electrons. The minimum atomic E-state index is 0.663. The number of fused-ring (bicyclic) bond motifs is 1. The maximum absolute atomic E-state index is 5.59. The molecule has 0 unspecified atom stereocenters. The highest BCUT2D eigenvalue weighted by molar-refractivity contribution is 5.83. The first kappa shape index (κ1) is 12.8. The van der Waals surface area contributed by atoms with E-state index in [-0.39, 0.29) is 0 Å². The minimum absolute atomic E-state index is 0.663. The van der Waals surface area contributed by atoms with Crippen molar-refractivity contribution in [2.24, 2.45) is 0 Å². The van der Waals surface area contributed by atoms with Gasteiger partial charge in [0.25, 0.3) is 0 Å². The summed E-state index contributed by atoms with van der Waals surface area (Å²) in [7, 11) is 0. The van der Waals surface area contributed by atoms with Crippen molar-refractivity contribution >= 4 is 11.0 Å². The molecule has 0 N–H and O–H groups in total. The SMILES string of the molecule is Cc1cnc2c(c1)cc(-c1ccco1)n2Cc1ccccn1. The van der Waals surface area contributed by atoms with Crippen LogP contribution in [0.1, 0.15) is 11.3 Å². The van der Waals surface area contributed by atoms with Gasteiger partial charge >= 0.3 is 0 Å². The van der Waals surface area contributed by atoms with Crippen LogP contribution in [0.5, 0.6) is 0 Å². The molecular weight excluding hydrogens is 274 g/mol. The van der Waals surface area contributed by atoms with E-state index in [1.165, 1.54) is 0 Å². The summed E-state index contributed by atoms with van der Waals surface area (Å²) in [4.78, 5) is 9.02. The Kier molecular flexibility index (Phi) is 3.00. The smallest absolute Gasteiger partial charge is 0.150 e. The van der Waals surface area contributed by atoms with Crippen LogP contribution < -0.4 is 0 Å². The number of aromatic nitrogens is 3. The quantitative estimate of drug-likeness (QED) is 0.571. The Balaban J connectivity index is 1.92. The molecule has 4 heterocycles. The predicted molar refractivity (Wildman–Crippen MR) is 85.5 cm³/mol. The summed E-state index contributed by atoms with van der Waals surface area (Å²) >= 11 is 0. The molecule has 22 heavy (non-hydrogen) atoms. The van der Waals surface area contributed by atoms with Crippen molar-refractivity contribution < 1.29 is 4.42 Å². The van der Waals surface area contributed by atoms with Crippen molar-refractivity contribution in [2.75, 3.05) is 0 Å². The molecule has 0 aromatic carbocycles. The molecule has 0 atom stereocenters. The summed E-state index contributed by atoms with van der Waals surface area (Å²) < 4.78 is 7.74. The van der Waals surface area contributed by atoms with Gasteiger partial charge in [0, 0.05) is 17.8 Å². The maximum atomic E-state index is 5.59. The zero-order valence-electron chi connectivity index (χ0n) is 12.2. The van der Waals surface area contributed by atoms with Crippen LogP contribution in [0.3, 0.4) is 0 Å². The van der Waals surface area contributed by atoms with Gasteiger partial charge in [0.2, 0.25) is 0 Å². The largest absolute Gasteiger partial charge is 0.463 e. The highest BCUT2D eigenvalue weighted by Gasteiger charge is 2.14. The molecule has 0 radical (unpaired) electrons. The van der Waals surface area contributed by atoms with Crippen LogP contribution in [-0.4, -0.2) is 14.5 Å². The fourth-order valence-corrected chi connectivity index (χ4v) is 2.70. The highest BCUT2D eigenvalue weighted by atomic mass is 16.3. The third-order valence-electron chi connectivity index (χ3n) is 3.69. The van der Waals surface area contributed by atoms with Gasteiger partial charge in [0.15, 0.2) is 0 Å². The fraction of sp³-hybridized carbons (Fsp3) is 0.111. The van der Waals surface area contributed by atoms with E-state index in [1.807, 2.05) is 42.7 Å². The van der Waals surface area contributed by atoms with Gasteiger partial charge in [-0.1, -0.05) is 6.07 Å². The molecule has 4 rings (SSSR count). The van der Waals surface area contributed by atoms with E-state index >= 15 is 0 Å². The summed E-state index contributed by atoms with van der Waals surface area (Å²) in [5.41, 5.74) is 4.11. The van der Waals surface area contributed by atoms with E-state index in [1.54, 1.807) is 6.26 Å². The number of rotatable bonds is 3. The molecule has 4 aromatic heterocycles. The van der Waals surface area contributed by atoms with Crippen molar-refractivity contribution in [3.63, 3.8) is 0 Å². The lowest BCUT2D eigenvalue weighted by Crippen LogP contribution is -2.03. The molecule has 0 saturated carbocycles. The van der Waals surface area contributed by atoms with E-state index in [2.05, 4.69) is 33.6 Å². The van der Waals surface area contributed by atoms with Gasteiger partial charge in [0.05, 0.1) is 24.2 Å². The van der Waals surface area contributed by atoms with Crippen LogP contribution in [0.25, 0.3) is 22.5 Å². The summed E-state index contributed by atoms with van der Waals surface area (Å²) in [5, 5.41) is 1.11. The first-order valence-electron chi connectivity index (χ1n) is 7.21. The number of hydrogen-bond donors (Lipinski definition) is 0. The van der Waals surface area contributed by atoms with Crippen LogP contribution in [0.2, 0.25) is 0 Å². The Hall–Kier alpha value is -2.88. The van der Waals surface area contributed by atoms with Gasteiger partial charge in [-0.2, -0.15) is 0 Å². The number of furan rings is 1. The van der Waals surface area contributed by atoms with Gasteiger partial charge in [0.1, 0.15) is 11.4 Å². The normalized spacial score (nSPS) is 11.1. The van der Waals surface area contributed by atoms with Crippen LogP contribution >= 0.6 is 0 Å². The van der Waals surface area contributed by atoms with Gasteiger partial charge in [-0.25, -0.2) is 4.98 Å². The van der Waals surface area contributed by atoms with Crippen molar-refractivity contribution in [2.45, 2.75) is 13.5 Å². The van der Waals surface area contributed by atoms with Crippen molar-refractivity contribution in [1.82, 2.24) is 14.5 Å². The molecule has 4 aromatic rings. The second-order valence-corrected chi connectivity index (χ2v) is 5.34. The highest BCUT2D eigenvalue weighted by Crippen LogP contribution is 2.28. The molecule has 0 aliphatic heterocycles. The lowest BCUT2D eigenvalue weighted by atomic mass is 10.2. The predicted octanol–water partition coefficient (Wildman–Crippen LogP) is 4.05. The summed E-state index contributed by atoms with van der Waals surface area (Å²) in [6.07, 6.45) is 5.39. The van der Waals surface area contributed by atoms with E-state index in [4.69, 9.17) is 4.42 Å². The lowest BCUT2D eigenvalue weighted by molar-refractivity contribution is 0.575. The van der Waals surface area contributed by atoms with Gasteiger partial charge in [-0.05, 0) is 48.9 Å². The molecule has 0 fully saturated rings. The summed E-state index contributed by atoms with van der Waals surface area (Å²) in [6.45, 7) is 2.71. The third kappa shape index (κ3) is 2.19. The Morgan fingerprint density at radius 1 is 1.09 bits per heavy atom. The number of pyridine rings is 2. The Labute approximate surface area is 128 Å². The monoisotopic (exact) mass is 289 g/mol. The number of hydrogen-bond acceptors (Lipinski definition) is 3. The van der Waals surface area contributed by atoms with E-state index < -0.39 is 0 Å². The van der Waals surface area contributed by atoms with E-state index in [0.717, 1.165) is 33.7 Å². The molecule has 0 spiro atoms. The zero-order valence-corrected chi connectivity index (χ0v) is 12.2. The van der Waals surface area contributed by atoms with Crippen molar-refractivity contribution in [1.29, 1.82) is 0 Å². The number of nitrogens with zero attached hydrogens (tertiary/aromatic N) is 3. The van der Waals surface area contributed by atoms with E-state index in [9.17, 15) is 0 Å². The summed E-state index contributed by atoms with van der Waals surface area (Å²) in [5.74, 6) is 0.839. The third-order valence-corrected chi connectivity index (χ3v) is 3.69. The van der Waals surface area contributed by atoms with Crippen LogP contribution in [0.4, 0.5) is 0 Å².